The maximum atomic E-state index is 12.9. The molecule has 0 atom stereocenters. The Morgan fingerprint density at radius 2 is 1.36 bits per heavy atom. The first kappa shape index (κ1) is 28.2. The molecule has 0 fully saturated rings. The molecule has 39 heavy (non-hydrogen) atoms. The Morgan fingerprint density at radius 1 is 0.744 bits per heavy atom. The summed E-state index contributed by atoms with van der Waals surface area (Å²) in [6.07, 6.45) is 0.778. The molecule has 16 heteroatoms. The van der Waals surface area contributed by atoms with E-state index >= 15 is 0 Å². The predicted molar refractivity (Wildman–Crippen MR) is 133 cm³/mol. The van der Waals surface area contributed by atoms with Gasteiger partial charge in [0, 0.05) is 17.7 Å². The van der Waals surface area contributed by atoms with Crippen LogP contribution in [0.3, 0.4) is 0 Å². The summed E-state index contributed by atoms with van der Waals surface area (Å²) in [4.78, 5) is 7.52. The van der Waals surface area contributed by atoms with E-state index in [4.69, 9.17) is 0 Å². The average molecular weight is 593 g/mol. The van der Waals surface area contributed by atoms with Gasteiger partial charge in [-0.15, -0.1) is 0 Å². The fourth-order valence-corrected chi connectivity index (χ4v) is 4.74. The van der Waals surface area contributed by atoms with Gasteiger partial charge in [-0.3, -0.25) is 9.44 Å². The van der Waals surface area contributed by atoms with Crippen molar-refractivity contribution in [2.24, 2.45) is 0 Å². The van der Waals surface area contributed by atoms with Crippen LogP contribution in [0.15, 0.2) is 66.7 Å². The maximum absolute atomic E-state index is 12.9. The molecule has 4 rings (SSSR count). The number of fused-ring (bicyclic) bond motifs is 1. The van der Waals surface area contributed by atoms with E-state index < -0.39 is 31.1 Å². The van der Waals surface area contributed by atoms with Gasteiger partial charge in [0.25, 0.3) is 0 Å². The number of hydrogen-bond acceptors (Lipinski definition) is 5. The number of halogens is 6. The van der Waals surface area contributed by atoms with Gasteiger partial charge < -0.3 is 4.98 Å². The summed E-state index contributed by atoms with van der Waals surface area (Å²) in [5.41, 5.74) is -9.02. The molecule has 1 aromatic heterocycles. The van der Waals surface area contributed by atoms with Gasteiger partial charge in [0.2, 0.25) is 0 Å². The smallest absolute Gasteiger partial charge is 0.342 e. The monoisotopic (exact) mass is 592 g/mol. The predicted octanol–water partition coefficient (Wildman–Crippen LogP) is 5.54. The van der Waals surface area contributed by atoms with Crippen LogP contribution >= 0.6 is 0 Å². The van der Waals surface area contributed by atoms with Crippen LogP contribution in [0.1, 0.15) is 11.4 Å². The summed E-state index contributed by atoms with van der Waals surface area (Å²) in [6.45, 7) is 0. The van der Waals surface area contributed by atoms with Crippen molar-refractivity contribution in [1.82, 2.24) is 9.97 Å². The molecule has 0 bridgehead atoms. The number of alkyl halides is 6. The number of benzene rings is 3. The highest BCUT2D eigenvalue weighted by molar-refractivity contribution is 7.93. The number of para-hydroxylation sites is 1. The zero-order valence-corrected chi connectivity index (χ0v) is 21.1. The summed E-state index contributed by atoms with van der Waals surface area (Å²) in [7, 11) is -11.2. The van der Waals surface area contributed by atoms with Gasteiger partial charge in [0.05, 0.1) is 16.7 Å². The van der Waals surface area contributed by atoms with Gasteiger partial charge in [-0.05, 0) is 47.9 Å². The van der Waals surface area contributed by atoms with Crippen molar-refractivity contribution in [2.75, 3.05) is 9.44 Å². The Hall–Kier alpha value is -3.79. The summed E-state index contributed by atoms with van der Waals surface area (Å²) in [6, 6.07) is 15.7. The molecule has 0 radical (unpaired) electrons. The fourth-order valence-electron chi connectivity index (χ4n) is 3.59. The highest BCUT2D eigenvalue weighted by Gasteiger charge is 2.46. The number of nitrogens with one attached hydrogen (secondary N) is 3. The lowest BCUT2D eigenvalue weighted by molar-refractivity contribution is -0.0435. The van der Waals surface area contributed by atoms with Gasteiger partial charge in [0.15, 0.2) is 0 Å². The van der Waals surface area contributed by atoms with E-state index in [0.29, 0.717) is 40.8 Å². The molecule has 0 aliphatic carbocycles. The number of aromatic nitrogens is 2. The van der Waals surface area contributed by atoms with E-state index in [1.54, 1.807) is 29.0 Å². The van der Waals surface area contributed by atoms with Gasteiger partial charge >= 0.3 is 31.1 Å². The fraction of sp³-hybridized carbons (Fsp3) is 0.174. The number of nitrogens with zero attached hydrogens (tertiary/aromatic N) is 1. The normalized spacial score (nSPS) is 13.0. The number of sulfonamides is 2. The van der Waals surface area contributed by atoms with Crippen molar-refractivity contribution in [3.8, 4) is 11.1 Å². The van der Waals surface area contributed by atoms with E-state index in [1.807, 2.05) is 0 Å². The number of rotatable bonds is 8. The molecule has 0 unspecified atom stereocenters. The Balaban J connectivity index is 1.49. The molecule has 208 valence electrons. The van der Waals surface area contributed by atoms with E-state index in [2.05, 4.69) is 9.97 Å². The Morgan fingerprint density at radius 3 is 2.00 bits per heavy atom. The molecule has 1 heterocycles. The third kappa shape index (κ3) is 6.27. The summed E-state index contributed by atoms with van der Waals surface area (Å²) >= 11 is 0. The molecule has 8 nitrogen and oxygen atoms in total. The molecule has 0 aliphatic heterocycles. The minimum absolute atomic E-state index is 0.213. The zero-order chi connectivity index (χ0) is 28.6. The van der Waals surface area contributed by atoms with Gasteiger partial charge in [-0.25, -0.2) is 4.98 Å². The molecule has 3 aromatic carbocycles. The number of hydrogen-bond donors (Lipinski definition) is 3. The summed E-state index contributed by atoms with van der Waals surface area (Å²) in [5, 5.41) is 0. The van der Waals surface area contributed by atoms with Crippen molar-refractivity contribution >= 4 is 42.5 Å². The highest BCUT2D eigenvalue weighted by Crippen LogP contribution is 2.33. The SMILES string of the molecule is O=S(=O)(Nc1ccc(CCc2nc3ccc(-c4ccccc4NS(=O)(=O)C(F)(F)F)cc3[nH]2)cc1)C(F)(F)F. The zero-order valence-electron chi connectivity index (χ0n) is 19.4. The first-order chi connectivity index (χ1) is 18.1. The Bertz CT molecular complexity index is 1720. The van der Waals surface area contributed by atoms with Crippen molar-refractivity contribution in [3.05, 3.63) is 78.1 Å². The van der Waals surface area contributed by atoms with Crippen LogP contribution in [-0.4, -0.2) is 37.8 Å². The van der Waals surface area contributed by atoms with Crippen molar-refractivity contribution in [2.45, 2.75) is 23.9 Å². The van der Waals surface area contributed by atoms with Gasteiger partial charge in [-0.1, -0.05) is 36.4 Å². The topological polar surface area (TPSA) is 121 Å². The van der Waals surface area contributed by atoms with Crippen molar-refractivity contribution < 1.29 is 43.2 Å². The summed E-state index contributed by atoms with van der Waals surface area (Å²) < 4.78 is 125. The van der Waals surface area contributed by atoms with Crippen LogP contribution in [0.5, 0.6) is 0 Å². The molecular formula is C23H18F6N4O4S2. The largest absolute Gasteiger partial charge is 0.516 e. The lowest BCUT2D eigenvalue weighted by atomic mass is 10.0. The lowest BCUT2D eigenvalue weighted by Gasteiger charge is -2.14. The molecule has 0 aliphatic rings. The lowest BCUT2D eigenvalue weighted by Crippen LogP contribution is -2.30. The number of aromatic amines is 1. The van der Waals surface area contributed by atoms with Gasteiger partial charge in [-0.2, -0.15) is 43.2 Å². The second kappa shape index (κ2) is 10.1. The molecule has 0 amide bonds. The van der Waals surface area contributed by atoms with E-state index in [-0.39, 0.29) is 16.9 Å². The maximum Gasteiger partial charge on any atom is 0.516 e. The van der Waals surface area contributed by atoms with E-state index in [0.717, 1.165) is 0 Å². The Kier molecular flexibility index (Phi) is 7.29. The average Bonchev–Trinajstić information content (AvgIpc) is 3.24. The molecule has 0 spiro atoms. The van der Waals surface area contributed by atoms with E-state index in [9.17, 15) is 43.2 Å². The molecule has 0 saturated carbocycles. The first-order valence-corrected chi connectivity index (χ1v) is 13.9. The number of anilines is 2. The van der Waals surface area contributed by atoms with Gasteiger partial charge in [0.1, 0.15) is 5.82 Å². The second-order valence-electron chi connectivity index (χ2n) is 8.26. The minimum atomic E-state index is -5.63. The third-order valence-corrected chi connectivity index (χ3v) is 7.69. The summed E-state index contributed by atoms with van der Waals surface area (Å²) in [5.74, 6) is 0.537. The molecule has 4 aromatic rings. The molecule has 0 saturated heterocycles. The minimum Gasteiger partial charge on any atom is -0.342 e. The van der Waals surface area contributed by atoms with Crippen molar-refractivity contribution in [3.63, 3.8) is 0 Å². The standard InChI is InChI=1S/C23H18F6N4O4S2/c24-22(25,26)38(34,35)32-16-9-5-14(6-10-16)7-12-21-30-19-11-8-15(13-20(19)31-21)17-3-1-2-4-18(17)33-39(36,37)23(27,28)29/h1-6,8-11,13,32-33H,7,12H2,(H,30,31). The first-order valence-electron chi connectivity index (χ1n) is 10.9. The Labute approximate surface area is 218 Å². The third-order valence-electron chi connectivity index (χ3n) is 5.48. The highest BCUT2D eigenvalue weighted by atomic mass is 32.2. The number of imidazole rings is 1. The van der Waals surface area contributed by atoms with E-state index in [1.165, 1.54) is 47.2 Å². The number of aryl methyl sites for hydroxylation is 2. The second-order valence-corrected chi connectivity index (χ2v) is 11.6. The van der Waals surface area contributed by atoms with Crippen LogP contribution in [0.4, 0.5) is 37.7 Å². The van der Waals surface area contributed by atoms with Crippen LogP contribution in [0.2, 0.25) is 0 Å². The molecular weight excluding hydrogens is 574 g/mol. The van der Waals surface area contributed by atoms with Crippen LogP contribution < -0.4 is 9.44 Å². The van der Waals surface area contributed by atoms with Crippen LogP contribution in [0.25, 0.3) is 22.2 Å². The molecule has 3 N–H and O–H groups in total. The van der Waals surface area contributed by atoms with Crippen molar-refractivity contribution in [1.29, 1.82) is 0 Å². The quantitative estimate of drug-likeness (QED) is 0.232. The van der Waals surface area contributed by atoms with Crippen LogP contribution in [-0.2, 0) is 32.9 Å². The number of H-pyrrole nitrogens is 1. The van der Waals surface area contributed by atoms with Crippen LogP contribution in [0, 0.1) is 0 Å².